The Hall–Kier alpha value is -1.14. The van der Waals surface area contributed by atoms with E-state index in [1.54, 1.807) is 0 Å². The van der Waals surface area contributed by atoms with Crippen molar-refractivity contribution in [1.82, 2.24) is 15.1 Å². The van der Waals surface area contributed by atoms with Crippen LogP contribution in [0.15, 0.2) is 0 Å². The van der Waals surface area contributed by atoms with Crippen LogP contribution in [-0.4, -0.2) is 73.1 Å². The summed E-state index contributed by atoms with van der Waals surface area (Å²) < 4.78 is 5.45. The lowest BCUT2D eigenvalue weighted by atomic mass is 9.98. The standard InChI is InChI=1S/C17H31N3O3/c1-17(2,3)18-15(21)12-19-6-8-20(9-7-19)16(22)11-14-5-4-10-23-13-14/h14H,4-13H2,1-3H3,(H,18,21)/t14-/m1/s1. The van der Waals surface area contributed by atoms with Crippen LogP contribution < -0.4 is 5.32 Å². The molecule has 0 aromatic rings. The molecule has 6 nitrogen and oxygen atoms in total. The van der Waals surface area contributed by atoms with Gasteiger partial charge in [-0.2, -0.15) is 0 Å². The number of carbonyl (C=O) groups is 2. The maximum absolute atomic E-state index is 12.4. The molecule has 0 radical (unpaired) electrons. The van der Waals surface area contributed by atoms with Crippen molar-refractivity contribution in [3.05, 3.63) is 0 Å². The summed E-state index contributed by atoms with van der Waals surface area (Å²) in [5.41, 5.74) is -0.197. The summed E-state index contributed by atoms with van der Waals surface area (Å²) in [6.07, 6.45) is 2.76. The Labute approximate surface area is 139 Å². The average molecular weight is 325 g/mol. The van der Waals surface area contributed by atoms with Crippen LogP contribution in [0.2, 0.25) is 0 Å². The van der Waals surface area contributed by atoms with E-state index in [0.29, 0.717) is 18.9 Å². The Morgan fingerprint density at radius 3 is 2.43 bits per heavy atom. The minimum absolute atomic E-state index is 0.0524. The molecule has 2 rings (SSSR count). The van der Waals surface area contributed by atoms with Gasteiger partial charge in [0.15, 0.2) is 0 Å². The van der Waals surface area contributed by atoms with Gasteiger partial charge in [-0.15, -0.1) is 0 Å². The number of rotatable bonds is 4. The molecule has 2 heterocycles. The van der Waals surface area contributed by atoms with E-state index in [2.05, 4.69) is 10.2 Å². The molecule has 2 aliphatic rings. The molecule has 23 heavy (non-hydrogen) atoms. The van der Waals surface area contributed by atoms with Crippen LogP contribution in [-0.2, 0) is 14.3 Å². The van der Waals surface area contributed by atoms with Gasteiger partial charge in [0.05, 0.1) is 6.54 Å². The highest BCUT2D eigenvalue weighted by Crippen LogP contribution is 2.18. The largest absolute Gasteiger partial charge is 0.381 e. The SMILES string of the molecule is CC(C)(C)NC(=O)CN1CCN(C(=O)C[C@H]2CCCOC2)CC1. The van der Waals surface area contributed by atoms with Crippen LogP contribution in [0.5, 0.6) is 0 Å². The van der Waals surface area contributed by atoms with Gasteiger partial charge in [-0.25, -0.2) is 0 Å². The number of hydrogen-bond donors (Lipinski definition) is 1. The number of hydrogen-bond acceptors (Lipinski definition) is 4. The molecule has 1 N–H and O–H groups in total. The van der Waals surface area contributed by atoms with Gasteiger partial charge in [0.25, 0.3) is 0 Å². The summed E-state index contributed by atoms with van der Waals surface area (Å²) in [6.45, 7) is 10.9. The smallest absolute Gasteiger partial charge is 0.234 e. The fourth-order valence-corrected chi connectivity index (χ4v) is 3.16. The second-order valence-corrected chi connectivity index (χ2v) is 7.74. The van der Waals surface area contributed by atoms with Gasteiger partial charge in [0, 0.05) is 51.4 Å². The minimum Gasteiger partial charge on any atom is -0.381 e. The first-order valence-electron chi connectivity index (χ1n) is 8.72. The van der Waals surface area contributed by atoms with Crippen molar-refractivity contribution in [1.29, 1.82) is 0 Å². The van der Waals surface area contributed by atoms with E-state index in [1.807, 2.05) is 25.7 Å². The quantitative estimate of drug-likeness (QED) is 0.833. The highest BCUT2D eigenvalue weighted by Gasteiger charge is 2.26. The molecular formula is C17H31N3O3. The van der Waals surface area contributed by atoms with Gasteiger partial charge in [-0.05, 0) is 39.5 Å². The summed E-state index contributed by atoms with van der Waals surface area (Å²) in [4.78, 5) is 28.4. The molecule has 0 bridgehead atoms. The molecule has 2 saturated heterocycles. The van der Waals surface area contributed by atoms with Gasteiger partial charge < -0.3 is 15.0 Å². The van der Waals surface area contributed by atoms with Gasteiger partial charge in [-0.1, -0.05) is 0 Å². The number of ether oxygens (including phenoxy) is 1. The molecular weight excluding hydrogens is 294 g/mol. The maximum atomic E-state index is 12.4. The van der Waals surface area contributed by atoms with Crippen molar-refractivity contribution >= 4 is 11.8 Å². The highest BCUT2D eigenvalue weighted by molar-refractivity contribution is 5.79. The predicted molar refractivity (Wildman–Crippen MR) is 89.1 cm³/mol. The van der Waals surface area contributed by atoms with Crippen LogP contribution in [0.25, 0.3) is 0 Å². The van der Waals surface area contributed by atoms with Crippen molar-refractivity contribution in [3.63, 3.8) is 0 Å². The molecule has 1 atom stereocenters. The van der Waals surface area contributed by atoms with E-state index in [0.717, 1.165) is 52.2 Å². The normalized spacial score (nSPS) is 23.6. The van der Waals surface area contributed by atoms with Gasteiger partial charge in [0.1, 0.15) is 0 Å². The first-order valence-corrected chi connectivity index (χ1v) is 8.72. The molecule has 2 aliphatic heterocycles. The number of nitrogens with one attached hydrogen (secondary N) is 1. The number of carbonyl (C=O) groups excluding carboxylic acids is 2. The number of piperazine rings is 1. The van der Waals surface area contributed by atoms with Gasteiger partial charge >= 0.3 is 0 Å². The van der Waals surface area contributed by atoms with Crippen LogP contribution in [0, 0.1) is 5.92 Å². The first kappa shape index (κ1) is 18.2. The zero-order chi connectivity index (χ0) is 16.9. The van der Waals surface area contributed by atoms with Gasteiger partial charge in [0.2, 0.25) is 11.8 Å². The zero-order valence-electron chi connectivity index (χ0n) is 14.8. The van der Waals surface area contributed by atoms with Crippen molar-refractivity contribution in [2.75, 3.05) is 45.9 Å². The molecule has 0 aliphatic carbocycles. The Balaban J connectivity index is 1.68. The Morgan fingerprint density at radius 1 is 1.17 bits per heavy atom. The Morgan fingerprint density at radius 2 is 1.87 bits per heavy atom. The molecule has 0 unspecified atom stereocenters. The van der Waals surface area contributed by atoms with Crippen molar-refractivity contribution in [2.45, 2.75) is 45.6 Å². The number of amides is 2. The molecule has 0 saturated carbocycles. The third-order valence-electron chi connectivity index (χ3n) is 4.32. The van der Waals surface area contributed by atoms with Crippen LogP contribution >= 0.6 is 0 Å². The summed E-state index contributed by atoms with van der Waals surface area (Å²) in [6, 6.07) is 0. The van der Waals surface area contributed by atoms with Crippen molar-refractivity contribution in [2.24, 2.45) is 5.92 Å². The number of nitrogens with zero attached hydrogens (tertiary/aromatic N) is 2. The van der Waals surface area contributed by atoms with Crippen molar-refractivity contribution < 1.29 is 14.3 Å². The van der Waals surface area contributed by atoms with E-state index < -0.39 is 0 Å². The van der Waals surface area contributed by atoms with E-state index in [9.17, 15) is 9.59 Å². The second-order valence-electron chi connectivity index (χ2n) is 7.74. The zero-order valence-corrected chi connectivity index (χ0v) is 14.8. The topological polar surface area (TPSA) is 61.9 Å². The van der Waals surface area contributed by atoms with Crippen LogP contribution in [0.4, 0.5) is 0 Å². The molecule has 0 aromatic carbocycles. The van der Waals surface area contributed by atoms with E-state index in [4.69, 9.17) is 4.74 Å². The van der Waals surface area contributed by atoms with Crippen molar-refractivity contribution in [3.8, 4) is 0 Å². The maximum Gasteiger partial charge on any atom is 0.234 e. The molecule has 2 fully saturated rings. The third-order valence-corrected chi connectivity index (χ3v) is 4.32. The lowest BCUT2D eigenvalue weighted by Crippen LogP contribution is -2.53. The monoisotopic (exact) mass is 325 g/mol. The van der Waals surface area contributed by atoms with Crippen LogP contribution in [0.1, 0.15) is 40.0 Å². The van der Waals surface area contributed by atoms with E-state index >= 15 is 0 Å². The molecule has 0 spiro atoms. The second kappa shape index (κ2) is 8.11. The molecule has 2 amide bonds. The van der Waals surface area contributed by atoms with E-state index in [1.165, 1.54) is 0 Å². The van der Waals surface area contributed by atoms with E-state index in [-0.39, 0.29) is 17.4 Å². The molecule has 6 heteroatoms. The third kappa shape index (κ3) is 6.47. The first-order chi connectivity index (χ1) is 10.8. The highest BCUT2D eigenvalue weighted by atomic mass is 16.5. The molecule has 132 valence electrons. The predicted octanol–water partition coefficient (Wildman–Crippen LogP) is 0.862. The van der Waals surface area contributed by atoms with Gasteiger partial charge in [-0.3, -0.25) is 14.5 Å². The summed E-state index contributed by atoms with van der Waals surface area (Å²) in [5.74, 6) is 0.669. The molecule has 0 aromatic heterocycles. The summed E-state index contributed by atoms with van der Waals surface area (Å²) >= 11 is 0. The lowest BCUT2D eigenvalue weighted by Gasteiger charge is -2.35. The lowest BCUT2D eigenvalue weighted by molar-refractivity contribution is -0.135. The summed E-state index contributed by atoms with van der Waals surface area (Å²) in [7, 11) is 0. The fraction of sp³-hybridized carbons (Fsp3) is 0.882. The van der Waals surface area contributed by atoms with Crippen LogP contribution in [0.3, 0.4) is 0 Å². The fourth-order valence-electron chi connectivity index (χ4n) is 3.16. The average Bonchev–Trinajstić information content (AvgIpc) is 2.47. The minimum atomic E-state index is -0.197. The Bertz CT molecular complexity index is 406. The Kier molecular flexibility index (Phi) is 6.41. The summed E-state index contributed by atoms with van der Waals surface area (Å²) in [5, 5.41) is 2.98.